The van der Waals surface area contributed by atoms with E-state index in [0.29, 0.717) is 23.9 Å². The van der Waals surface area contributed by atoms with Crippen LogP contribution < -0.4 is 9.46 Å². The number of carbonyl (C=O) groups is 1. The number of halogens is 1. The lowest BCUT2D eigenvalue weighted by atomic mass is 10.2. The number of rotatable bonds is 10. The van der Waals surface area contributed by atoms with Crippen molar-refractivity contribution in [3.05, 3.63) is 59.1 Å². The van der Waals surface area contributed by atoms with Gasteiger partial charge in [0.1, 0.15) is 12.4 Å². The summed E-state index contributed by atoms with van der Waals surface area (Å²) in [6.45, 7) is 1.04. The van der Waals surface area contributed by atoms with Crippen LogP contribution in [-0.4, -0.2) is 59.7 Å². The second-order valence-electron chi connectivity index (χ2n) is 5.95. The van der Waals surface area contributed by atoms with E-state index in [2.05, 4.69) is 4.72 Å². The SMILES string of the molecule is COCCNS(=O)(=O)c1cccc(C(=O)N(C)CCOc2ccc(Cl)cc2)c1. The monoisotopic (exact) mass is 426 g/mol. The Morgan fingerprint density at radius 2 is 1.86 bits per heavy atom. The van der Waals surface area contributed by atoms with Gasteiger partial charge in [-0.25, -0.2) is 13.1 Å². The van der Waals surface area contributed by atoms with Crippen LogP contribution in [0.1, 0.15) is 10.4 Å². The molecule has 0 aliphatic carbocycles. The minimum Gasteiger partial charge on any atom is -0.492 e. The van der Waals surface area contributed by atoms with Gasteiger partial charge in [0.25, 0.3) is 5.91 Å². The number of benzene rings is 2. The summed E-state index contributed by atoms with van der Waals surface area (Å²) in [5.41, 5.74) is 0.281. The highest BCUT2D eigenvalue weighted by Crippen LogP contribution is 2.16. The molecule has 1 amide bonds. The van der Waals surface area contributed by atoms with E-state index >= 15 is 0 Å². The minimum absolute atomic E-state index is 0.0280. The molecule has 0 unspecified atom stereocenters. The maximum atomic E-state index is 12.6. The van der Waals surface area contributed by atoms with Crippen LogP contribution in [0, 0.1) is 0 Å². The average Bonchev–Trinajstić information content (AvgIpc) is 2.69. The van der Waals surface area contributed by atoms with E-state index in [1.54, 1.807) is 37.4 Å². The number of nitrogens with one attached hydrogen (secondary N) is 1. The van der Waals surface area contributed by atoms with Crippen LogP contribution in [0.25, 0.3) is 0 Å². The van der Waals surface area contributed by atoms with Crippen molar-refractivity contribution in [3.63, 3.8) is 0 Å². The predicted octanol–water partition coefficient (Wildman–Crippen LogP) is 2.42. The Bertz CT molecular complexity index is 887. The molecule has 0 aliphatic heterocycles. The van der Waals surface area contributed by atoms with E-state index in [4.69, 9.17) is 21.1 Å². The van der Waals surface area contributed by atoms with Crippen molar-refractivity contribution in [1.82, 2.24) is 9.62 Å². The Labute approximate surface area is 170 Å². The van der Waals surface area contributed by atoms with E-state index in [9.17, 15) is 13.2 Å². The molecule has 0 atom stereocenters. The molecular weight excluding hydrogens is 404 g/mol. The fraction of sp³-hybridized carbons (Fsp3) is 0.316. The zero-order valence-electron chi connectivity index (χ0n) is 15.7. The highest BCUT2D eigenvalue weighted by molar-refractivity contribution is 7.89. The number of hydrogen-bond donors (Lipinski definition) is 1. The number of ether oxygens (including phenoxy) is 2. The minimum atomic E-state index is -3.71. The number of amides is 1. The van der Waals surface area contributed by atoms with Crippen molar-refractivity contribution in [2.24, 2.45) is 0 Å². The van der Waals surface area contributed by atoms with Crippen molar-refractivity contribution in [2.45, 2.75) is 4.90 Å². The Kier molecular flexibility index (Phi) is 8.25. The van der Waals surface area contributed by atoms with Gasteiger partial charge in [0, 0.05) is 31.3 Å². The molecule has 0 heterocycles. The van der Waals surface area contributed by atoms with Gasteiger partial charge in [-0.1, -0.05) is 17.7 Å². The summed E-state index contributed by atoms with van der Waals surface area (Å²) >= 11 is 5.82. The molecule has 0 aromatic heterocycles. The first-order valence-corrected chi connectivity index (χ1v) is 10.4. The second kappa shape index (κ2) is 10.4. The summed E-state index contributed by atoms with van der Waals surface area (Å²) in [6, 6.07) is 12.8. The maximum Gasteiger partial charge on any atom is 0.253 e. The van der Waals surface area contributed by atoms with Crippen LogP contribution in [-0.2, 0) is 14.8 Å². The zero-order valence-corrected chi connectivity index (χ0v) is 17.3. The van der Waals surface area contributed by atoms with Crippen molar-refractivity contribution >= 4 is 27.5 Å². The van der Waals surface area contributed by atoms with E-state index in [1.807, 2.05) is 0 Å². The van der Waals surface area contributed by atoms with Crippen LogP contribution in [0.5, 0.6) is 5.75 Å². The lowest BCUT2D eigenvalue weighted by Gasteiger charge is -2.18. The summed E-state index contributed by atoms with van der Waals surface area (Å²) < 4.78 is 37.4. The van der Waals surface area contributed by atoms with E-state index in [0.717, 1.165) is 0 Å². The van der Waals surface area contributed by atoms with Crippen LogP contribution in [0.3, 0.4) is 0 Å². The van der Waals surface area contributed by atoms with Gasteiger partial charge in [-0.15, -0.1) is 0 Å². The van der Waals surface area contributed by atoms with Crippen LogP contribution >= 0.6 is 11.6 Å². The number of methoxy groups -OCH3 is 1. The Morgan fingerprint density at radius 3 is 2.54 bits per heavy atom. The molecule has 2 aromatic rings. The number of sulfonamides is 1. The van der Waals surface area contributed by atoms with Crippen molar-refractivity contribution in [3.8, 4) is 5.75 Å². The number of likely N-dealkylation sites (N-methyl/N-ethyl adjacent to an activating group) is 1. The first kappa shape index (κ1) is 22.2. The summed E-state index contributed by atoms with van der Waals surface area (Å²) in [5, 5.41) is 0.617. The van der Waals surface area contributed by atoms with Gasteiger partial charge in [-0.3, -0.25) is 4.79 Å². The van der Waals surface area contributed by atoms with Crippen LogP contribution in [0.4, 0.5) is 0 Å². The van der Waals surface area contributed by atoms with Gasteiger partial charge in [-0.2, -0.15) is 0 Å². The third-order valence-electron chi connectivity index (χ3n) is 3.85. The third-order valence-corrected chi connectivity index (χ3v) is 5.56. The van der Waals surface area contributed by atoms with Crippen molar-refractivity contribution < 1.29 is 22.7 Å². The topological polar surface area (TPSA) is 84.9 Å². The zero-order chi connectivity index (χ0) is 20.6. The summed E-state index contributed by atoms with van der Waals surface area (Å²) in [4.78, 5) is 14.1. The quantitative estimate of drug-likeness (QED) is 0.590. The summed E-state index contributed by atoms with van der Waals surface area (Å²) in [6.07, 6.45) is 0. The van der Waals surface area contributed by atoms with Gasteiger partial charge in [0.2, 0.25) is 10.0 Å². The molecule has 0 spiro atoms. The summed E-state index contributed by atoms with van der Waals surface area (Å²) in [7, 11) is -0.590. The standard InChI is InChI=1S/C19H23ClN2O5S/c1-22(11-13-27-17-8-6-16(20)7-9-17)19(23)15-4-3-5-18(14-15)28(24,25)21-10-12-26-2/h3-9,14,21H,10-13H2,1-2H3. The number of carbonyl (C=O) groups excluding carboxylic acids is 1. The second-order valence-corrected chi connectivity index (χ2v) is 8.15. The van der Waals surface area contributed by atoms with E-state index in [-0.39, 0.29) is 29.5 Å². The van der Waals surface area contributed by atoms with Gasteiger partial charge < -0.3 is 14.4 Å². The Hall–Kier alpha value is -2.13. The number of hydrogen-bond acceptors (Lipinski definition) is 5. The van der Waals surface area contributed by atoms with Crippen molar-refractivity contribution in [1.29, 1.82) is 0 Å². The fourth-order valence-electron chi connectivity index (χ4n) is 2.31. The maximum absolute atomic E-state index is 12.6. The molecule has 0 saturated heterocycles. The van der Waals surface area contributed by atoms with Crippen LogP contribution in [0.15, 0.2) is 53.4 Å². The summed E-state index contributed by atoms with van der Waals surface area (Å²) in [5.74, 6) is 0.356. The smallest absolute Gasteiger partial charge is 0.253 e. The molecular formula is C19H23ClN2O5S. The highest BCUT2D eigenvalue weighted by Gasteiger charge is 2.17. The molecule has 9 heteroatoms. The Morgan fingerprint density at radius 1 is 1.14 bits per heavy atom. The van der Waals surface area contributed by atoms with Gasteiger partial charge in [0.15, 0.2) is 0 Å². The van der Waals surface area contributed by atoms with Gasteiger partial charge in [-0.05, 0) is 42.5 Å². The molecule has 1 N–H and O–H groups in total. The third kappa shape index (κ3) is 6.49. The normalized spacial score (nSPS) is 11.2. The molecule has 152 valence electrons. The molecule has 0 aliphatic rings. The fourth-order valence-corrected chi connectivity index (χ4v) is 3.50. The average molecular weight is 427 g/mol. The predicted molar refractivity (Wildman–Crippen MR) is 107 cm³/mol. The highest BCUT2D eigenvalue weighted by atomic mass is 35.5. The lowest BCUT2D eigenvalue weighted by molar-refractivity contribution is 0.0773. The van der Waals surface area contributed by atoms with Crippen LogP contribution in [0.2, 0.25) is 5.02 Å². The molecule has 0 fully saturated rings. The molecule has 7 nitrogen and oxygen atoms in total. The number of nitrogens with zero attached hydrogens (tertiary/aromatic N) is 1. The van der Waals surface area contributed by atoms with Gasteiger partial charge >= 0.3 is 0 Å². The largest absolute Gasteiger partial charge is 0.492 e. The molecule has 2 rings (SSSR count). The first-order valence-electron chi connectivity index (χ1n) is 8.56. The molecule has 0 bridgehead atoms. The molecule has 28 heavy (non-hydrogen) atoms. The Balaban J connectivity index is 1.96. The molecule has 0 saturated carbocycles. The van der Waals surface area contributed by atoms with Gasteiger partial charge in [0.05, 0.1) is 18.0 Å². The van der Waals surface area contributed by atoms with Crippen molar-refractivity contribution in [2.75, 3.05) is 40.5 Å². The molecule has 2 aromatic carbocycles. The first-order chi connectivity index (χ1) is 13.3. The lowest BCUT2D eigenvalue weighted by Crippen LogP contribution is -2.31. The molecule has 0 radical (unpaired) electrons. The van der Waals surface area contributed by atoms with E-state index in [1.165, 1.54) is 30.2 Å². The van der Waals surface area contributed by atoms with E-state index < -0.39 is 10.0 Å².